The number of hydrogen-bond acceptors (Lipinski definition) is 2. The Kier molecular flexibility index (Phi) is 6.09. The molecule has 0 bridgehead atoms. The van der Waals surface area contributed by atoms with Gasteiger partial charge < -0.3 is 0 Å². The molecular formula is C15H21F2NO. The molecule has 1 aromatic carbocycles. The Morgan fingerprint density at radius 1 is 1.32 bits per heavy atom. The topological polar surface area (TPSA) is 20.3 Å². The van der Waals surface area contributed by atoms with Crippen LogP contribution in [0.5, 0.6) is 0 Å². The zero-order chi connectivity index (χ0) is 14.4. The zero-order valence-electron chi connectivity index (χ0n) is 11.7. The van der Waals surface area contributed by atoms with Crippen molar-refractivity contribution in [2.24, 2.45) is 0 Å². The summed E-state index contributed by atoms with van der Waals surface area (Å²) in [6.45, 7) is 7.36. The highest BCUT2D eigenvalue weighted by Crippen LogP contribution is 2.15. The lowest BCUT2D eigenvalue weighted by Crippen LogP contribution is -2.39. The molecule has 0 saturated heterocycles. The summed E-state index contributed by atoms with van der Waals surface area (Å²) in [5.41, 5.74) is -0.0381. The number of carbonyl (C=O) groups excluding carboxylic acids is 1. The van der Waals surface area contributed by atoms with Crippen LogP contribution in [0.1, 0.15) is 44.0 Å². The summed E-state index contributed by atoms with van der Waals surface area (Å²) in [5, 5.41) is 0. The summed E-state index contributed by atoms with van der Waals surface area (Å²) in [5.74, 6) is -1.75. The molecule has 0 fully saturated rings. The van der Waals surface area contributed by atoms with E-state index in [4.69, 9.17) is 0 Å². The van der Waals surface area contributed by atoms with E-state index in [0.717, 1.165) is 38.1 Å². The van der Waals surface area contributed by atoms with Gasteiger partial charge in [-0.25, -0.2) is 8.78 Å². The molecule has 1 aromatic rings. The Bertz CT molecular complexity index is 434. The molecular weight excluding hydrogens is 248 g/mol. The van der Waals surface area contributed by atoms with Crippen LogP contribution in [0, 0.1) is 11.6 Å². The van der Waals surface area contributed by atoms with Crippen molar-refractivity contribution in [1.82, 2.24) is 4.90 Å². The summed E-state index contributed by atoms with van der Waals surface area (Å²) >= 11 is 0. The Hall–Kier alpha value is -1.29. The summed E-state index contributed by atoms with van der Waals surface area (Å²) in [4.78, 5) is 14.2. The highest BCUT2D eigenvalue weighted by molar-refractivity contribution is 6.00. The lowest BCUT2D eigenvalue weighted by atomic mass is 10.0. The standard InChI is InChI=1S/C15H21F2NO/c1-4-6-9-18(5-2)11(3)15(19)13-8-7-12(16)10-14(13)17/h7-8,10-11H,4-6,9H2,1-3H3. The molecule has 0 aliphatic carbocycles. The molecule has 106 valence electrons. The molecule has 0 N–H and O–H groups in total. The fourth-order valence-corrected chi connectivity index (χ4v) is 2.07. The van der Waals surface area contributed by atoms with Gasteiger partial charge in [0.15, 0.2) is 5.78 Å². The van der Waals surface area contributed by atoms with E-state index in [0.29, 0.717) is 0 Å². The minimum Gasteiger partial charge on any atom is -0.294 e. The van der Waals surface area contributed by atoms with Gasteiger partial charge in [0.05, 0.1) is 11.6 Å². The fraction of sp³-hybridized carbons (Fsp3) is 0.533. The second-order valence-corrected chi connectivity index (χ2v) is 4.65. The molecule has 0 saturated carbocycles. The van der Waals surface area contributed by atoms with Gasteiger partial charge in [0.25, 0.3) is 0 Å². The van der Waals surface area contributed by atoms with Crippen molar-refractivity contribution in [1.29, 1.82) is 0 Å². The Morgan fingerprint density at radius 3 is 2.53 bits per heavy atom. The maximum atomic E-state index is 13.6. The second kappa shape index (κ2) is 7.34. The number of Topliss-reactive ketones (excluding diaryl/α,β-unsaturated/α-hetero) is 1. The zero-order valence-corrected chi connectivity index (χ0v) is 11.7. The molecule has 0 amide bonds. The number of halogens is 2. The number of benzene rings is 1. The summed E-state index contributed by atoms with van der Waals surface area (Å²) in [6, 6.07) is 2.70. The van der Waals surface area contributed by atoms with Gasteiger partial charge in [-0.3, -0.25) is 9.69 Å². The van der Waals surface area contributed by atoms with Crippen LogP contribution in [0.2, 0.25) is 0 Å². The Labute approximate surface area is 113 Å². The van der Waals surface area contributed by atoms with Crippen LogP contribution in [0.4, 0.5) is 8.78 Å². The van der Waals surface area contributed by atoms with Crippen LogP contribution < -0.4 is 0 Å². The van der Waals surface area contributed by atoms with Gasteiger partial charge in [-0.1, -0.05) is 20.3 Å². The van der Waals surface area contributed by atoms with Crippen molar-refractivity contribution in [3.05, 3.63) is 35.4 Å². The lowest BCUT2D eigenvalue weighted by Gasteiger charge is -2.26. The SMILES string of the molecule is CCCCN(CC)C(C)C(=O)c1ccc(F)cc1F. The van der Waals surface area contributed by atoms with E-state index in [1.165, 1.54) is 6.07 Å². The molecule has 0 radical (unpaired) electrons. The Balaban J connectivity index is 2.85. The van der Waals surface area contributed by atoms with E-state index < -0.39 is 17.7 Å². The molecule has 1 unspecified atom stereocenters. The highest BCUT2D eigenvalue weighted by Gasteiger charge is 2.23. The van der Waals surface area contributed by atoms with Crippen molar-refractivity contribution < 1.29 is 13.6 Å². The quantitative estimate of drug-likeness (QED) is 0.704. The average molecular weight is 269 g/mol. The minimum absolute atomic E-state index is 0.0381. The van der Waals surface area contributed by atoms with Gasteiger partial charge in [-0.2, -0.15) is 0 Å². The molecule has 0 aromatic heterocycles. The van der Waals surface area contributed by atoms with Gasteiger partial charge in [-0.05, 0) is 38.6 Å². The van der Waals surface area contributed by atoms with Gasteiger partial charge in [0.1, 0.15) is 11.6 Å². The lowest BCUT2D eigenvalue weighted by molar-refractivity contribution is 0.0838. The molecule has 0 aliphatic rings. The number of ketones is 1. The number of rotatable bonds is 7. The van der Waals surface area contributed by atoms with E-state index in [-0.39, 0.29) is 11.3 Å². The van der Waals surface area contributed by atoms with Crippen LogP contribution in [0.15, 0.2) is 18.2 Å². The summed E-state index contributed by atoms with van der Waals surface area (Å²) < 4.78 is 26.4. The predicted octanol–water partition coefficient (Wildman–Crippen LogP) is 3.66. The van der Waals surface area contributed by atoms with Crippen LogP contribution in [-0.4, -0.2) is 29.8 Å². The monoisotopic (exact) mass is 269 g/mol. The van der Waals surface area contributed by atoms with Gasteiger partial charge in [-0.15, -0.1) is 0 Å². The second-order valence-electron chi connectivity index (χ2n) is 4.65. The van der Waals surface area contributed by atoms with Crippen molar-refractivity contribution in [3.8, 4) is 0 Å². The third-order valence-electron chi connectivity index (χ3n) is 3.33. The molecule has 2 nitrogen and oxygen atoms in total. The van der Waals surface area contributed by atoms with E-state index in [2.05, 4.69) is 6.92 Å². The number of hydrogen-bond donors (Lipinski definition) is 0. The number of nitrogens with zero attached hydrogens (tertiary/aromatic N) is 1. The van der Waals surface area contributed by atoms with E-state index in [1.54, 1.807) is 6.92 Å². The molecule has 1 atom stereocenters. The Morgan fingerprint density at radius 2 is 2.00 bits per heavy atom. The predicted molar refractivity (Wildman–Crippen MR) is 72.3 cm³/mol. The molecule has 0 heterocycles. The van der Waals surface area contributed by atoms with Crippen molar-refractivity contribution in [2.75, 3.05) is 13.1 Å². The molecule has 0 aliphatic heterocycles. The maximum Gasteiger partial charge on any atom is 0.182 e. The molecule has 4 heteroatoms. The van der Waals surface area contributed by atoms with Crippen LogP contribution >= 0.6 is 0 Å². The molecule has 0 spiro atoms. The van der Waals surface area contributed by atoms with Crippen LogP contribution in [-0.2, 0) is 0 Å². The normalized spacial score (nSPS) is 12.7. The first-order chi connectivity index (χ1) is 9.01. The number of unbranched alkanes of at least 4 members (excludes halogenated alkanes) is 1. The van der Waals surface area contributed by atoms with Gasteiger partial charge in [0, 0.05) is 6.07 Å². The number of carbonyl (C=O) groups is 1. The van der Waals surface area contributed by atoms with Gasteiger partial charge >= 0.3 is 0 Å². The van der Waals surface area contributed by atoms with Crippen molar-refractivity contribution in [3.63, 3.8) is 0 Å². The van der Waals surface area contributed by atoms with Crippen molar-refractivity contribution in [2.45, 2.75) is 39.7 Å². The third kappa shape index (κ3) is 4.10. The van der Waals surface area contributed by atoms with E-state index in [1.807, 2.05) is 11.8 Å². The smallest absolute Gasteiger partial charge is 0.182 e. The fourth-order valence-electron chi connectivity index (χ4n) is 2.07. The largest absolute Gasteiger partial charge is 0.294 e. The first-order valence-electron chi connectivity index (χ1n) is 6.74. The summed E-state index contributed by atoms with van der Waals surface area (Å²) in [6.07, 6.45) is 2.04. The van der Waals surface area contributed by atoms with Crippen molar-refractivity contribution >= 4 is 5.78 Å². The average Bonchev–Trinajstić information content (AvgIpc) is 2.38. The minimum atomic E-state index is -0.789. The van der Waals surface area contributed by atoms with Gasteiger partial charge in [0.2, 0.25) is 0 Å². The number of likely N-dealkylation sites (N-methyl/N-ethyl adjacent to an activating group) is 1. The molecule has 1 rings (SSSR count). The first-order valence-corrected chi connectivity index (χ1v) is 6.74. The maximum absolute atomic E-state index is 13.6. The molecule has 19 heavy (non-hydrogen) atoms. The highest BCUT2D eigenvalue weighted by atomic mass is 19.1. The summed E-state index contributed by atoms with van der Waals surface area (Å²) in [7, 11) is 0. The van der Waals surface area contributed by atoms with E-state index in [9.17, 15) is 13.6 Å². The van der Waals surface area contributed by atoms with Crippen LogP contribution in [0.3, 0.4) is 0 Å². The third-order valence-corrected chi connectivity index (χ3v) is 3.33. The van der Waals surface area contributed by atoms with E-state index >= 15 is 0 Å². The first kappa shape index (κ1) is 15.8. The van der Waals surface area contributed by atoms with Crippen LogP contribution in [0.25, 0.3) is 0 Å².